The van der Waals surface area contributed by atoms with Gasteiger partial charge in [0.25, 0.3) is 0 Å². The van der Waals surface area contributed by atoms with Gasteiger partial charge in [0.15, 0.2) is 9.84 Å². The average Bonchev–Trinajstić information content (AvgIpc) is 2.58. The van der Waals surface area contributed by atoms with E-state index in [1.54, 1.807) is 0 Å². The maximum absolute atomic E-state index is 11.5. The van der Waals surface area contributed by atoms with Gasteiger partial charge in [0.1, 0.15) is 0 Å². The smallest absolute Gasteiger partial charge is 0.151 e. The van der Waals surface area contributed by atoms with E-state index >= 15 is 0 Å². The quantitative estimate of drug-likeness (QED) is 0.789. The van der Waals surface area contributed by atoms with Gasteiger partial charge in [-0.2, -0.15) is 0 Å². The summed E-state index contributed by atoms with van der Waals surface area (Å²) in [5.41, 5.74) is 5.89. The van der Waals surface area contributed by atoms with Crippen LogP contribution in [0.3, 0.4) is 0 Å². The minimum Gasteiger partial charge on any atom is -0.329 e. The molecule has 1 aliphatic heterocycles. The van der Waals surface area contributed by atoms with Gasteiger partial charge in [0.2, 0.25) is 0 Å². The van der Waals surface area contributed by atoms with Crippen molar-refractivity contribution in [3.63, 3.8) is 0 Å². The van der Waals surface area contributed by atoms with Crippen LogP contribution in [0.1, 0.15) is 33.6 Å². The van der Waals surface area contributed by atoms with Gasteiger partial charge in [-0.3, -0.25) is 4.90 Å². The summed E-state index contributed by atoms with van der Waals surface area (Å²) in [6.07, 6.45) is 1.88. The first-order chi connectivity index (χ1) is 8.26. The highest BCUT2D eigenvalue weighted by atomic mass is 32.2. The van der Waals surface area contributed by atoms with Crippen LogP contribution in [-0.4, -0.2) is 50.5 Å². The van der Waals surface area contributed by atoms with Crippen molar-refractivity contribution < 1.29 is 8.42 Å². The van der Waals surface area contributed by atoms with E-state index in [1.807, 2.05) is 7.05 Å². The summed E-state index contributed by atoms with van der Waals surface area (Å²) in [7, 11) is -0.786. The van der Waals surface area contributed by atoms with Gasteiger partial charge in [-0.25, -0.2) is 8.42 Å². The van der Waals surface area contributed by atoms with E-state index in [9.17, 15) is 8.42 Å². The second-order valence-electron chi connectivity index (χ2n) is 6.13. The van der Waals surface area contributed by atoms with Crippen LogP contribution in [0.4, 0.5) is 0 Å². The number of hydrogen-bond donors (Lipinski definition) is 1. The first-order valence-electron chi connectivity index (χ1n) is 6.89. The Bertz CT molecular complexity index is 354. The maximum atomic E-state index is 11.5. The Kier molecular flexibility index (Phi) is 5.62. The summed E-state index contributed by atoms with van der Waals surface area (Å²) < 4.78 is 23.1. The van der Waals surface area contributed by atoms with Crippen LogP contribution >= 0.6 is 0 Å². The zero-order chi connectivity index (χ0) is 13.9. The van der Waals surface area contributed by atoms with Crippen LogP contribution in [0, 0.1) is 11.8 Å². The molecule has 0 saturated carbocycles. The summed E-state index contributed by atoms with van der Waals surface area (Å²) in [4.78, 5) is 2.21. The van der Waals surface area contributed by atoms with E-state index in [-0.39, 0.29) is 12.1 Å². The van der Waals surface area contributed by atoms with Crippen molar-refractivity contribution in [2.24, 2.45) is 17.6 Å². The molecule has 18 heavy (non-hydrogen) atoms. The fraction of sp³-hybridized carbons (Fsp3) is 1.00. The largest absolute Gasteiger partial charge is 0.329 e. The Morgan fingerprint density at radius 3 is 2.33 bits per heavy atom. The first kappa shape index (κ1) is 15.9. The topological polar surface area (TPSA) is 63.4 Å². The lowest BCUT2D eigenvalue weighted by atomic mass is 9.90. The Labute approximate surface area is 112 Å². The lowest BCUT2D eigenvalue weighted by molar-refractivity contribution is 0.134. The van der Waals surface area contributed by atoms with Gasteiger partial charge < -0.3 is 5.73 Å². The van der Waals surface area contributed by atoms with Gasteiger partial charge in [-0.1, -0.05) is 20.8 Å². The van der Waals surface area contributed by atoms with Crippen LogP contribution in [0.2, 0.25) is 0 Å². The van der Waals surface area contributed by atoms with E-state index in [0.29, 0.717) is 29.9 Å². The molecule has 1 fully saturated rings. The number of nitrogens with two attached hydrogens (primary N) is 1. The minimum absolute atomic E-state index is 0.151. The minimum atomic E-state index is -2.81. The predicted molar refractivity (Wildman–Crippen MR) is 76.3 cm³/mol. The van der Waals surface area contributed by atoms with Crippen LogP contribution in [0.25, 0.3) is 0 Å². The number of nitrogens with zero attached hydrogens (tertiary/aromatic N) is 1. The number of rotatable bonds is 6. The third-order valence-electron chi connectivity index (χ3n) is 4.05. The molecule has 3 atom stereocenters. The SMILES string of the molecule is CC(C)CC(C)C(CN)N(C)C1CCS(=O)(=O)C1. The zero-order valence-corrected chi connectivity index (χ0v) is 12.9. The van der Waals surface area contributed by atoms with Crippen LogP contribution in [0.15, 0.2) is 0 Å². The van der Waals surface area contributed by atoms with E-state index in [0.717, 1.165) is 12.8 Å². The van der Waals surface area contributed by atoms with Gasteiger partial charge in [-0.05, 0) is 31.7 Å². The number of hydrogen-bond acceptors (Lipinski definition) is 4. The van der Waals surface area contributed by atoms with Crippen molar-refractivity contribution in [2.45, 2.75) is 45.7 Å². The molecule has 1 rings (SSSR count). The highest BCUT2D eigenvalue weighted by Gasteiger charge is 2.34. The van der Waals surface area contributed by atoms with Crippen LogP contribution < -0.4 is 5.73 Å². The van der Waals surface area contributed by atoms with E-state index in [1.165, 1.54) is 0 Å². The molecule has 108 valence electrons. The summed E-state index contributed by atoms with van der Waals surface area (Å²) in [5.74, 6) is 1.78. The average molecular weight is 276 g/mol. The lowest BCUT2D eigenvalue weighted by Gasteiger charge is -2.36. The van der Waals surface area contributed by atoms with Gasteiger partial charge in [0.05, 0.1) is 11.5 Å². The van der Waals surface area contributed by atoms with Crippen molar-refractivity contribution in [3.05, 3.63) is 0 Å². The van der Waals surface area contributed by atoms with Crippen LogP contribution in [-0.2, 0) is 9.84 Å². The Balaban J connectivity index is 2.65. The fourth-order valence-electron chi connectivity index (χ4n) is 3.07. The lowest BCUT2D eigenvalue weighted by Crippen LogP contribution is -2.48. The molecule has 0 aromatic heterocycles. The van der Waals surface area contributed by atoms with Crippen molar-refractivity contribution in [2.75, 3.05) is 25.1 Å². The first-order valence-corrected chi connectivity index (χ1v) is 8.71. The molecule has 1 saturated heterocycles. The van der Waals surface area contributed by atoms with Gasteiger partial charge in [0, 0.05) is 18.6 Å². The molecule has 0 radical (unpaired) electrons. The second-order valence-corrected chi connectivity index (χ2v) is 8.36. The molecular weight excluding hydrogens is 248 g/mol. The molecule has 0 aromatic rings. The number of likely N-dealkylation sites (N-methyl/N-ethyl adjacent to an activating group) is 1. The molecule has 4 nitrogen and oxygen atoms in total. The number of sulfone groups is 1. The summed E-state index contributed by atoms with van der Waals surface area (Å²) in [6, 6.07) is 0.434. The fourth-order valence-corrected chi connectivity index (χ4v) is 4.85. The zero-order valence-electron chi connectivity index (χ0n) is 12.1. The molecular formula is C13H28N2O2S. The van der Waals surface area contributed by atoms with Crippen molar-refractivity contribution >= 4 is 9.84 Å². The Morgan fingerprint density at radius 1 is 1.33 bits per heavy atom. The van der Waals surface area contributed by atoms with E-state index in [4.69, 9.17) is 5.73 Å². The van der Waals surface area contributed by atoms with Crippen molar-refractivity contribution in [1.29, 1.82) is 0 Å². The monoisotopic (exact) mass is 276 g/mol. The molecule has 1 aliphatic rings. The highest BCUT2D eigenvalue weighted by molar-refractivity contribution is 7.91. The van der Waals surface area contributed by atoms with Crippen molar-refractivity contribution in [1.82, 2.24) is 4.90 Å². The molecule has 0 spiro atoms. The van der Waals surface area contributed by atoms with Gasteiger partial charge in [-0.15, -0.1) is 0 Å². The standard InChI is InChI=1S/C13H28N2O2S/c1-10(2)7-11(3)13(8-14)15(4)12-5-6-18(16,17)9-12/h10-13H,5-9,14H2,1-4H3. The molecule has 0 bridgehead atoms. The summed E-state index contributed by atoms with van der Waals surface area (Å²) in [6.45, 7) is 7.24. The summed E-state index contributed by atoms with van der Waals surface area (Å²) >= 11 is 0. The predicted octanol–water partition coefficient (Wildman–Crippen LogP) is 1.11. The third-order valence-corrected chi connectivity index (χ3v) is 5.80. The Morgan fingerprint density at radius 2 is 1.94 bits per heavy atom. The molecule has 1 heterocycles. The van der Waals surface area contributed by atoms with E-state index in [2.05, 4.69) is 25.7 Å². The highest BCUT2D eigenvalue weighted by Crippen LogP contribution is 2.24. The molecule has 5 heteroatoms. The van der Waals surface area contributed by atoms with Crippen LogP contribution in [0.5, 0.6) is 0 Å². The normalized spacial score (nSPS) is 26.7. The summed E-state index contributed by atoms with van der Waals surface area (Å²) in [5, 5.41) is 0. The molecule has 0 aromatic carbocycles. The molecule has 3 unspecified atom stereocenters. The molecule has 0 amide bonds. The van der Waals surface area contributed by atoms with Gasteiger partial charge >= 0.3 is 0 Å². The molecule has 2 N–H and O–H groups in total. The van der Waals surface area contributed by atoms with Crippen molar-refractivity contribution in [3.8, 4) is 0 Å². The maximum Gasteiger partial charge on any atom is 0.151 e. The third kappa shape index (κ3) is 4.21. The Hall–Kier alpha value is -0.130. The second kappa shape index (κ2) is 6.35. The van der Waals surface area contributed by atoms with E-state index < -0.39 is 9.84 Å². The molecule has 0 aliphatic carbocycles.